The van der Waals surface area contributed by atoms with E-state index in [0.29, 0.717) is 11.8 Å². The smallest absolute Gasteiger partial charge is 0.246 e. The van der Waals surface area contributed by atoms with E-state index in [0.717, 1.165) is 37.0 Å². The monoisotopic (exact) mass is 371 g/mol. The number of amides is 2. The summed E-state index contributed by atoms with van der Waals surface area (Å²) in [5.74, 6) is 0.799. The van der Waals surface area contributed by atoms with Crippen molar-refractivity contribution in [2.75, 3.05) is 20.2 Å². The molecule has 2 aliphatic rings. The van der Waals surface area contributed by atoms with Gasteiger partial charge in [0.05, 0.1) is 12.1 Å². The third-order valence-electron chi connectivity index (χ3n) is 5.77. The van der Waals surface area contributed by atoms with E-state index in [4.69, 9.17) is 4.74 Å². The molecule has 144 valence electrons. The van der Waals surface area contributed by atoms with E-state index in [9.17, 15) is 9.59 Å². The van der Waals surface area contributed by atoms with E-state index in [1.807, 2.05) is 29.2 Å². The third kappa shape index (κ3) is 3.66. The van der Waals surface area contributed by atoms with Crippen LogP contribution in [0.2, 0.25) is 0 Å². The number of carbonyl (C=O) groups is 2. The van der Waals surface area contributed by atoms with Gasteiger partial charge in [0.1, 0.15) is 17.6 Å². The van der Waals surface area contributed by atoms with Crippen molar-refractivity contribution >= 4 is 22.8 Å². The number of methoxy groups -OCH3 is 1. The van der Waals surface area contributed by atoms with Gasteiger partial charge in [-0.3, -0.25) is 9.59 Å². The summed E-state index contributed by atoms with van der Waals surface area (Å²) in [7, 11) is 1.69. The van der Waals surface area contributed by atoms with Gasteiger partial charge in [-0.2, -0.15) is 15.0 Å². The highest BCUT2D eigenvalue weighted by Crippen LogP contribution is 2.37. The van der Waals surface area contributed by atoms with Crippen LogP contribution in [0.4, 0.5) is 0 Å². The zero-order chi connectivity index (χ0) is 19.0. The van der Waals surface area contributed by atoms with Gasteiger partial charge in [-0.05, 0) is 36.8 Å². The van der Waals surface area contributed by atoms with Crippen molar-refractivity contribution in [3.05, 3.63) is 24.3 Å². The van der Waals surface area contributed by atoms with E-state index >= 15 is 0 Å². The molecule has 1 aliphatic carbocycles. The molecule has 0 bridgehead atoms. The standard InChI is InChI=1S/C19H25N5O3/c1-12(25)20-17-7-13-9-23(10-14(13)8-18(17)27-2)19(26)11-24-21-15-5-3-4-6-16(15)22-24/h3-6,13-14,17-18H,7-11H2,1-2H3,(H,20,25)/t13-,14+,17-,18-/m1/s1. The normalized spacial score (nSPS) is 27.6. The van der Waals surface area contributed by atoms with Crippen molar-refractivity contribution in [3.8, 4) is 0 Å². The minimum absolute atomic E-state index is 0.00304. The summed E-state index contributed by atoms with van der Waals surface area (Å²) in [6.07, 6.45) is 1.71. The lowest BCUT2D eigenvalue weighted by Gasteiger charge is -2.37. The van der Waals surface area contributed by atoms with Gasteiger partial charge >= 0.3 is 0 Å². The van der Waals surface area contributed by atoms with Crippen molar-refractivity contribution in [1.29, 1.82) is 0 Å². The van der Waals surface area contributed by atoms with E-state index in [-0.39, 0.29) is 30.5 Å². The zero-order valence-electron chi connectivity index (χ0n) is 15.7. The molecule has 27 heavy (non-hydrogen) atoms. The fraction of sp³-hybridized carbons (Fsp3) is 0.579. The Labute approximate surface area is 157 Å². The Morgan fingerprint density at radius 1 is 1.15 bits per heavy atom. The molecular formula is C19H25N5O3. The number of aromatic nitrogens is 3. The van der Waals surface area contributed by atoms with Crippen LogP contribution in [0.3, 0.4) is 0 Å². The molecule has 1 saturated carbocycles. The fourth-order valence-corrected chi connectivity index (χ4v) is 4.49. The van der Waals surface area contributed by atoms with Gasteiger partial charge in [0.2, 0.25) is 11.8 Å². The molecule has 0 radical (unpaired) electrons. The summed E-state index contributed by atoms with van der Waals surface area (Å²) in [4.78, 5) is 27.6. The number of rotatable bonds is 4. The van der Waals surface area contributed by atoms with Crippen LogP contribution in [-0.2, 0) is 20.9 Å². The van der Waals surface area contributed by atoms with E-state index < -0.39 is 0 Å². The number of hydrogen-bond acceptors (Lipinski definition) is 5. The molecule has 0 spiro atoms. The Morgan fingerprint density at radius 2 is 1.78 bits per heavy atom. The molecule has 8 heteroatoms. The lowest BCUT2D eigenvalue weighted by Crippen LogP contribution is -2.49. The van der Waals surface area contributed by atoms with Crippen molar-refractivity contribution < 1.29 is 14.3 Å². The minimum Gasteiger partial charge on any atom is -0.379 e. The predicted molar refractivity (Wildman–Crippen MR) is 98.7 cm³/mol. The molecule has 1 aromatic carbocycles. The quantitative estimate of drug-likeness (QED) is 0.859. The lowest BCUT2D eigenvalue weighted by atomic mass is 9.77. The van der Waals surface area contributed by atoms with Crippen molar-refractivity contribution in [2.24, 2.45) is 11.8 Å². The Morgan fingerprint density at radius 3 is 2.37 bits per heavy atom. The number of likely N-dealkylation sites (tertiary alicyclic amines) is 1. The second-order valence-electron chi connectivity index (χ2n) is 7.59. The molecule has 4 rings (SSSR count). The van der Waals surface area contributed by atoms with E-state index in [1.54, 1.807) is 7.11 Å². The Hall–Kier alpha value is -2.48. The first kappa shape index (κ1) is 17.9. The minimum atomic E-state index is -0.0387. The maximum atomic E-state index is 12.8. The summed E-state index contributed by atoms with van der Waals surface area (Å²) < 4.78 is 5.60. The first-order valence-electron chi connectivity index (χ1n) is 9.41. The Kier molecular flexibility index (Phi) is 4.82. The number of benzene rings is 1. The van der Waals surface area contributed by atoms with Crippen LogP contribution in [-0.4, -0.2) is 64.1 Å². The number of nitrogens with one attached hydrogen (secondary N) is 1. The number of fused-ring (bicyclic) bond motifs is 2. The van der Waals surface area contributed by atoms with E-state index in [1.165, 1.54) is 11.7 Å². The summed E-state index contributed by atoms with van der Waals surface area (Å²) in [6.45, 7) is 3.13. The van der Waals surface area contributed by atoms with E-state index in [2.05, 4.69) is 15.5 Å². The number of hydrogen-bond donors (Lipinski definition) is 1. The number of nitrogens with zero attached hydrogens (tertiary/aromatic N) is 4. The molecule has 2 aromatic rings. The van der Waals surface area contributed by atoms with Crippen molar-refractivity contribution in [3.63, 3.8) is 0 Å². The first-order chi connectivity index (χ1) is 13.0. The van der Waals surface area contributed by atoms with Gasteiger partial charge in [0.15, 0.2) is 0 Å². The molecule has 1 aliphatic heterocycles. The summed E-state index contributed by atoms with van der Waals surface area (Å²) in [5, 5.41) is 11.8. The second-order valence-corrected chi connectivity index (χ2v) is 7.59. The van der Waals surface area contributed by atoms with Gasteiger partial charge in [-0.15, -0.1) is 0 Å². The SMILES string of the molecule is CO[C@@H]1C[C@H]2CN(C(=O)Cn3nc4ccccc4n3)C[C@H]2C[C@H]1NC(C)=O. The first-order valence-corrected chi connectivity index (χ1v) is 9.41. The van der Waals surface area contributed by atoms with Gasteiger partial charge in [0, 0.05) is 27.1 Å². The topological polar surface area (TPSA) is 89.3 Å². The summed E-state index contributed by atoms with van der Waals surface area (Å²) >= 11 is 0. The van der Waals surface area contributed by atoms with Crippen molar-refractivity contribution in [2.45, 2.75) is 38.5 Å². The number of ether oxygens (including phenoxy) is 1. The zero-order valence-corrected chi connectivity index (χ0v) is 15.7. The molecular weight excluding hydrogens is 346 g/mol. The largest absolute Gasteiger partial charge is 0.379 e. The molecule has 2 heterocycles. The fourth-order valence-electron chi connectivity index (χ4n) is 4.49. The Balaban J connectivity index is 1.41. The predicted octanol–water partition coefficient (Wildman–Crippen LogP) is 0.819. The van der Waals surface area contributed by atoms with Gasteiger partial charge in [-0.25, -0.2) is 0 Å². The average molecular weight is 371 g/mol. The van der Waals surface area contributed by atoms with Crippen LogP contribution >= 0.6 is 0 Å². The van der Waals surface area contributed by atoms with Crippen LogP contribution in [0.1, 0.15) is 19.8 Å². The Bertz CT molecular complexity index is 818. The van der Waals surface area contributed by atoms with Crippen molar-refractivity contribution in [1.82, 2.24) is 25.2 Å². The van der Waals surface area contributed by atoms with Crippen LogP contribution in [0.15, 0.2) is 24.3 Å². The molecule has 0 unspecified atom stereocenters. The average Bonchev–Trinajstić information content (AvgIpc) is 3.23. The van der Waals surface area contributed by atoms with Crippen LogP contribution < -0.4 is 5.32 Å². The summed E-state index contributed by atoms with van der Waals surface area (Å²) in [5.41, 5.74) is 1.59. The highest BCUT2D eigenvalue weighted by molar-refractivity contribution is 5.77. The maximum Gasteiger partial charge on any atom is 0.246 e. The van der Waals surface area contributed by atoms with Crippen LogP contribution in [0, 0.1) is 11.8 Å². The summed E-state index contributed by atoms with van der Waals surface area (Å²) in [6, 6.07) is 7.61. The third-order valence-corrected chi connectivity index (χ3v) is 5.77. The van der Waals surface area contributed by atoms with Gasteiger partial charge in [-0.1, -0.05) is 12.1 Å². The van der Waals surface area contributed by atoms with Gasteiger partial charge in [0.25, 0.3) is 0 Å². The molecule has 4 atom stereocenters. The second kappa shape index (κ2) is 7.26. The molecule has 1 aromatic heterocycles. The molecule has 2 amide bonds. The van der Waals surface area contributed by atoms with Gasteiger partial charge < -0.3 is 15.0 Å². The van der Waals surface area contributed by atoms with Crippen LogP contribution in [0.5, 0.6) is 0 Å². The molecule has 1 N–H and O–H groups in total. The maximum absolute atomic E-state index is 12.8. The molecule has 2 fully saturated rings. The highest BCUT2D eigenvalue weighted by Gasteiger charge is 2.43. The van der Waals surface area contributed by atoms with Crippen LogP contribution in [0.25, 0.3) is 11.0 Å². The molecule has 8 nitrogen and oxygen atoms in total. The highest BCUT2D eigenvalue weighted by atomic mass is 16.5. The number of carbonyl (C=O) groups excluding carboxylic acids is 2. The molecule has 1 saturated heterocycles. The lowest BCUT2D eigenvalue weighted by molar-refractivity contribution is -0.131.